The number of hydrogen-bond acceptors (Lipinski definition) is 7. The molecule has 32 heavy (non-hydrogen) atoms. The fraction of sp³-hybridized carbons (Fsp3) is 0.333. The number of aromatic nitrogens is 2. The molecule has 0 radical (unpaired) electrons. The van der Waals surface area contributed by atoms with E-state index in [4.69, 9.17) is 25.0 Å². The number of rotatable bonds is 9. The molecule has 1 aliphatic rings. The lowest BCUT2D eigenvalue weighted by atomic mass is 10.1. The highest BCUT2D eigenvalue weighted by Gasteiger charge is 2.15. The monoisotopic (exact) mass is 431 g/mol. The Kier molecular flexibility index (Phi) is 8.49. The van der Waals surface area contributed by atoms with E-state index in [1.807, 2.05) is 42.5 Å². The van der Waals surface area contributed by atoms with Crippen molar-refractivity contribution >= 4 is 23.8 Å². The van der Waals surface area contributed by atoms with Crippen molar-refractivity contribution in [3.63, 3.8) is 0 Å². The molecule has 1 heterocycles. The number of nitriles is 1. The lowest BCUT2D eigenvalue weighted by Gasteiger charge is -2.12. The summed E-state index contributed by atoms with van der Waals surface area (Å²) in [6, 6.07) is 10.1. The first-order valence-electron chi connectivity index (χ1n) is 10.7. The highest BCUT2D eigenvalue weighted by atomic mass is 16.5. The second-order valence-electron chi connectivity index (χ2n) is 7.32. The molecule has 2 aromatic rings. The van der Waals surface area contributed by atoms with Crippen molar-refractivity contribution in [1.29, 1.82) is 5.26 Å². The van der Waals surface area contributed by atoms with Crippen molar-refractivity contribution in [2.75, 3.05) is 14.2 Å². The van der Waals surface area contributed by atoms with E-state index in [0.717, 1.165) is 46.8 Å². The van der Waals surface area contributed by atoms with Gasteiger partial charge in [-0.3, -0.25) is 5.43 Å². The van der Waals surface area contributed by atoms with E-state index in [9.17, 15) is 0 Å². The van der Waals surface area contributed by atoms with Crippen LogP contribution in [0.15, 0.2) is 41.1 Å². The summed E-state index contributed by atoms with van der Waals surface area (Å²) in [6.07, 6.45) is 9.36. The van der Waals surface area contributed by atoms with Crippen LogP contribution in [0.5, 0.6) is 0 Å². The van der Waals surface area contributed by atoms with E-state index < -0.39 is 0 Å². The Hall–Kier alpha value is -3.54. The van der Waals surface area contributed by atoms with Crippen molar-refractivity contribution in [3.8, 4) is 6.07 Å². The number of amidine groups is 1. The predicted molar refractivity (Wildman–Crippen MR) is 127 cm³/mol. The van der Waals surface area contributed by atoms with Gasteiger partial charge in [0.05, 0.1) is 25.3 Å². The standard InChI is InChI=1S/C24H29N7O/c1-4-6-22(30-31-26-2)28-24-20-8-5-7-19(32-3)16-21(20)27-23(29-24)15-18-11-9-17(10-12-18)13-14-25/h5,8-12,16,26,31H,4,6-7,13,15H2,1-3H3,(H,27,28,29,30). The zero-order valence-electron chi connectivity index (χ0n) is 18.8. The van der Waals surface area contributed by atoms with Crippen LogP contribution in [0.4, 0.5) is 5.82 Å². The number of methoxy groups -OCH3 is 1. The van der Waals surface area contributed by atoms with Gasteiger partial charge < -0.3 is 4.74 Å². The van der Waals surface area contributed by atoms with Crippen LogP contribution >= 0.6 is 0 Å². The van der Waals surface area contributed by atoms with Gasteiger partial charge in [0.2, 0.25) is 0 Å². The Morgan fingerprint density at radius 3 is 2.69 bits per heavy atom. The van der Waals surface area contributed by atoms with Gasteiger partial charge in [-0.05, 0) is 17.5 Å². The number of aliphatic imine (C=N–C) groups is 1. The molecular formula is C24H29N7O. The van der Waals surface area contributed by atoms with Crippen LogP contribution in [0.2, 0.25) is 0 Å². The lowest BCUT2D eigenvalue weighted by molar-refractivity contribution is 0.289. The van der Waals surface area contributed by atoms with Gasteiger partial charge in [-0.1, -0.05) is 43.3 Å². The third kappa shape index (κ3) is 6.23. The van der Waals surface area contributed by atoms with Crippen LogP contribution in [0, 0.1) is 11.3 Å². The first-order chi connectivity index (χ1) is 15.7. The maximum atomic E-state index is 8.88. The fourth-order valence-electron chi connectivity index (χ4n) is 3.30. The van der Waals surface area contributed by atoms with Gasteiger partial charge in [-0.25, -0.2) is 20.4 Å². The summed E-state index contributed by atoms with van der Waals surface area (Å²) in [5.74, 6) is 2.91. The number of nitrogens with zero attached hydrogens (tertiary/aromatic N) is 4. The van der Waals surface area contributed by atoms with Gasteiger partial charge in [0.15, 0.2) is 5.82 Å². The molecule has 1 aromatic heterocycles. The minimum Gasteiger partial charge on any atom is -0.501 e. The topological polar surface area (TPSA) is 107 Å². The molecule has 3 N–H and O–H groups in total. The number of ether oxygens (including phenoxy) is 1. The smallest absolute Gasteiger partial charge is 0.165 e. The van der Waals surface area contributed by atoms with E-state index in [0.29, 0.717) is 30.9 Å². The average molecular weight is 432 g/mol. The molecular weight excluding hydrogens is 402 g/mol. The third-order valence-corrected chi connectivity index (χ3v) is 4.89. The summed E-state index contributed by atoms with van der Waals surface area (Å²) in [5.41, 5.74) is 12.5. The molecule has 1 aliphatic carbocycles. The molecule has 0 atom stereocenters. The van der Waals surface area contributed by atoms with Crippen LogP contribution < -0.4 is 16.4 Å². The summed E-state index contributed by atoms with van der Waals surface area (Å²) in [7, 11) is 3.45. The Morgan fingerprint density at radius 2 is 2.00 bits per heavy atom. The number of allylic oxidation sites excluding steroid dienone is 1. The highest BCUT2D eigenvalue weighted by molar-refractivity contribution is 5.86. The Morgan fingerprint density at radius 1 is 1.22 bits per heavy atom. The van der Waals surface area contributed by atoms with Crippen molar-refractivity contribution in [3.05, 3.63) is 64.3 Å². The second kappa shape index (κ2) is 11.7. The summed E-state index contributed by atoms with van der Waals surface area (Å²) < 4.78 is 5.49. The fourth-order valence-corrected chi connectivity index (χ4v) is 3.30. The maximum Gasteiger partial charge on any atom is 0.165 e. The summed E-state index contributed by atoms with van der Waals surface area (Å²) in [5, 5.41) is 8.88. The minimum atomic E-state index is 0.402. The van der Waals surface area contributed by atoms with Crippen LogP contribution in [-0.2, 0) is 17.6 Å². The number of benzene rings is 1. The molecule has 1 aromatic carbocycles. The zero-order valence-corrected chi connectivity index (χ0v) is 18.8. The van der Waals surface area contributed by atoms with Crippen molar-refractivity contribution < 1.29 is 4.74 Å². The van der Waals surface area contributed by atoms with Crippen LogP contribution in [-0.4, -0.2) is 30.0 Å². The summed E-state index contributed by atoms with van der Waals surface area (Å²) >= 11 is 0. The summed E-state index contributed by atoms with van der Waals surface area (Å²) in [4.78, 5) is 14.4. The maximum absolute atomic E-state index is 8.88. The van der Waals surface area contributed by atoms with Crippen molar-refractivity contribution in [2.45, 2.75) is 39.0 Å². The first kappa shape index (κ1) is 23.1. The van der Waals surface area contributed by atoms with Crippen LogP contribution in [0.25, 0.3) is 12.2 Å². The largest absolute Gasteiger partial charge is 0.501 e. The second-order valence-corrected chi connectivity index (χ2v) is 7.32. The van der Waals surface area contributed by atoms with E-state index >= 15 is 0 Å². The molecule has 0 bridgehead atoms. The van der Waals surface area contributed by atoms with Crippen LogP contribution in [0.1, 0.15) is 54.4 Å². The number of hydrogen-bond donors (Lipinski definition) is 3. The van der Waals surface area contributed by atoms with Gasteiger partial charge in [0.25, 0.3) is 0 Å². The molecule has 0 spiro atoms. The molecule has 0 saturated heterocycles. The molecule has 0 unspecified atom stereocenters. The molecule has 0 saturated carbocycles. The van der Waals surface area contributed by atoms with Crippen molar-refractivity contribution in [1.82, 2.24) is 26.4 Å². The van der Waals surface area contributed by atoms with E-state index in [2.05, 4.69) is 29.4 Å². The lowest BCUT2D eigenvalue weighted by Crippen LogP contribution is -2.44. The SMILES string of the molecule is CCCC(=Nc1nc(Cc2ccc(CC#N)cc2)nc2c1C=CCC(OC)=C2)NNNC. The number of fused-ring (bicyclic) bond motifs is 1. The predicted octanol–water partition coefficient (Wildman–Crippen LogP) is 3.60. The molecule has 0 aliphatic heterocycles. The van der Waals surface area contributed by atoms with E-state index in [-0.39, 0.29) is 0 Å². The van der Waals surface area contributed by atoms with Gasteiger partial charge in [0.1, 0.15) is 17.4 Å². The van der Waals surface area contributed by atoms with E-state index in [1.165, 1.54) is 0 Å². The van der Waals surface area contributed by atoms with Crippen molar-refractivity contribution in [2.24, 2.45) is 4.99 Å². The zero-order chi connectivity index (χ0) is 22.8. The molecule has 3 rings (SSSR count). The molecule has 0 amide bonds. The molecule has 8 nitrogen and oxygen atoms in total. The quantitative estimate of drug-likeness (QED) is 0.316. The van der Waals surface area contributed by atoms with E-state index in [1.54, 1.807) is 14.2 Å². The normalized spacial score (nSPS) is 13.1. The Balaban J connectivity index is 2.03. The number of hydrazine groups is 2. The highest BCUT2D eigenvalue weighted by Crippen LogP contribution is 2.28. The van der Waals surface area contributed by atoms with Crippen LogP contribution in [0.3, 0.4) is 0 Å². The number of nitrogens with one attached hydrogen (secondary N) is 3. The minimum absolute atomic E-state index is 0.402. The van der Waals surface area contributed by atoms with Gasteiger partial charge in [-0.15, -0.1) is 0 Å². The van der Waals surface area contributed by atoms with Gasteiger partial charge in [-0.2, -0.15) is 10.8 Å². The van der Waals surface area contributed by atoms with Gasteiger partial charge >= 0.3 is 0 Å². The van der Waals surface area contributed by atoms with Gasteiger partial charge in [0, 0.05) is 37.9 Å². The molecule has 0 fully saturated rings. The molecule has 8 heteroatoms. The molecule has 166 valence electrons. The Labute approximate surface area is 189 Å². The average Bonchev–Trinajstić information content (AvgIpc) is 3.01. The Bertz CT molecular complexity index is 1050. The first-order valence-corrected chi connectivity index (χ1v) is 10.7. The third-order valence-electron chi connectivity index (χ3n) is 4.89. The summed E-state index contributed by atoms with van der Waals surface area (Å²) in [6.45, 7) is 2.10.